The molecular weight excluding hydrogens is 368 g/mol. The lowest BCUT2D eigenvalue weighted by Crippen LogP contribution is -2.25. The van der Waals surface area contributed by atoms with Crippen molar-refractivity contribution in [3.05, 3.63) is 77.9 Å². The van der Waals surface area contributed by atoms with Gasteiger partial charge in [0.2, 0.25) is 0 Å². The molecule has 2 aromatic heterocycles. The summed E-state index contributed by atoms with van der Waals surface area (Å²) in [6.45, 7) is 1.11. The summed E-state index contributed by atoms with van der Waals surface area (Å²) in [6.07, 6.45) is 7.46. The van der Waals surface area contributed by atoms with E-state index >= 15 is 0 Å². The number of anilines is 1. The maximum atomic E-state index is 12.5. The van der Waals surface area contributed by atoms with Crippen molar-refractivity contribution in [2.75, 3.05) is 26.1 Å². The third-order valence-corrected chi connectivity index (χ3v) is 4.37. The van der Waals surface area contributed by atoms with E-state index in [1.54, 1.807) is 45.1 Å². The van der Waals surface area contributed by atoms with Gasteiger partial charge in [-0.15, -0.1) is 0 Å². The van der Waals surface area contributed by atoms with Crippen LogP contribution in [0.5, 0.6) is 11.5 Å². The van der Waals surface area contributed by atoms with Crippen molar-refractivity contribution in [1.82, 2.24) is 15.3 Å². The number of benzene rings is 1. The zero-order valence-electron chi connectivity index (χ0n) is 16.5. The number of ether oxygens (including phenoxy) is 2. The largest absolute Gasteiger partial charge is 0.493 e. The molecule has 0 unspecified atom stereocenters. The number of pyridine rings is 2. The molecule has 2 N–H and O–H groups in total. The summed E-state index contributed by atoms with van der Waals surface area (Å²) < 4.78 is 10.6. The number of nitrogens with one attached hydrogen (secondary N) is 2. The second-order valence-electron chi connectivity index (χ2n) is 6.37. The molecule has 0 saturated heterocycles. The standard InChI is InChI=1S/C22H24N4O3/c1-28-20-6-5-16(10-21(20)29-2)7-9-25-22(27)18-11-19(15-24-14-18)26-13-17-4-3-8-23-12-17/h3-6,8,10-12,14-15,26H,7,9,13H2,1-2H3,(H,25,27). The molecule has 0 aliphatic carbocycles. The normalized spacial score (nSPS) is 10.3. The number of rotatable bonds is 9. The van der Waals surface area contributed by atoms with Gasteiger partial charge in [-0.1, -0.05) is 12.1 Å². The lowest BCUT2D eigenvalue weighted by Gasteiger charge is -2.11. The molecule has 1 amide bonds. The van der Waals surface area contributed by atoms with Crippen molar-refractivity contribution >= 4 is 11.6 Å². The van der Waals surface area contributed by atoms with Crippen LogP contribution in [0.2, 0.25) is 0 Å². The summed E-state index contributed by atoms with van der Waals surface area (Å²) in [5.74, 6) is 1.19. The first-order valence-electron chi connectivity index (χ1n) is 9.26. The zero-order chi connectivity index (χ0) is 20.5. The predicted octanol–water partition coefficient (Wildman–Crippen LogP) is 3.08. The summed E-state index contributed by atoms with van der Waals surface area (Å²) >= 11 is 0. The van der Waals surface area contributed by atoms with E-state index in [4.69, 9.17) is 9.47 Å². The van der Waals surface area contributed by atoms with Gasteiger partial charge in [0.1, 0.15) is 0 Å². The highest BCUT2D eigenvalue weighted by Gasteiger charge is 2.08. The second-order valence-corrected chi connectivity index (χ2v) is 6.37. The molecule has 1 aromatic carbocycles. The number of amides is 1. The summed E-state index contributed by atoms with van der Waals surface area (Å²) in [5.41, 5.74) is 3.39. The van der Waals surface area contributed by atoms with Crippen LogP contribution >= 0.6 is 0 Å². The molecule has 3 aromatic rings. The molecule has 0 radical (unpaired) electrons. The number of methoxy groups -OCH3 is 2. The van der Waals surface area contributed by atoms with E-state index in [0.29, 0.717) is 36.6 Å². The van der Waals surface area contributed by atoms with E-state index in [0.717, 1.165) is 16.8 Å². The first kappa shape index (κ1) is 20.1. The summed E-state index contributed by atoms with van der Waals surface area (Å²) in [7, 11) is 3.21. The van der Waals surface area contributed by atoms with Crippen molar-refractivity contribution in [2.24, 2.45) is 0 Å². The van der Waals surface area contributed by atoms with Gasteiger partial charge >= 0.3 is 0 Å². The Hall–Kier alpha value is -3.61. The van der Waals surface area contributed by atoms with Crippen LogP contribution in [-0.2, 0) is 13.0 Å². The Labute approximate surface area is 170 Å². The topological polar surface area (TPSA) is 85.4 Å². The van der Waals surface area contributed by atoms with Gasteiger partial charge in [-0.2, -0.15) is 0 Å². The van der Waals surface area contributed by atoms with Crippen LogP contribution in [0.3, 0.4) is 0 Å². The molecule has 0 saturated carbocycles. The highest BCUT2D eigenvalue weighted by Crippen LogP contribution is 2.27. The monoisotopic (exact) mass is 392 g/mol. The molecule has 29 heavy (non-hydrogen) atoms. The molecule has 0 spiro atoms. The quantitative estimate of drug-likeness (QED) is 0.582. The minimum Gasteiger partial charge on any atom is -0.493 e. The number of aromatic nitrogens is 2. The van der Waals surface area contributed by atoms with Gasteiger partial charge in [0, 0.05) is 37.9 Å². The highest BCUT2D eigenvalue weighted by atomic mass is 16.5. The maximum absolute atomic E-state index is 12.5. The molecule has 7 heteroatoms. The Morgan fingerprint density at radius 2 is 1.83 bits per heavy atom. The molecule has 0 aliphatic heterocycles. The minimum absolute atomic E-state index is 0.164. The van der Waals surface area contributed by atoms with Crippen LogP contribution in [0.4, 0.5) is 5.69 Å². The maximum Gasteiger partial charge on any atom is 0.252 e. The summed E-state index contributed by atoms with van der Waals surface area (Å²) in [5, 5.41) is 6.18. The van der Waals surface area contributed by atoms with Gasteiger partial charge < -0.3 is 20.1 Å². The Bertz CT molecular complexity index is 948. The van der Waals surface area contributed by atoms with Gasteiger partial charge in [0.05, 0.1) is 25.5 Å². The van der Waals surface area contributed by atoms with Crippen molar-refractivity contribution in [1.29, 1.82) is 0 Å². The molecule has 3 rings (SSSR count). The third-order valence-electron chi connectivity index (χ3n) is 4.37. The van der Waals surface area contributed by atoms with E-state index in [9.17, 15) is 4.79 Å². The molecule has 0 bridgehead atoms. The lowest BCUT2D eigenvalue weighted by molar-refractivity contribution is 0.0954. The fourth-order valence-corrected chi connectivity index (χ4v) is 2.83. The molecular formula is C22H24N4O3. The van der Waals surface area contributed by atoms with E-state index < -0.39 is 0 Å². The first-order valence-corrected chi connectivity index (χ1v) is 9.26. The molecule has 0 aliphatic rings. The fraction of sp³-hybridized carbons (Fsp3) is 0.227. The lowest BCUT2D eigenvalue weighted by atomic mass is 10.1. The average molecular weight is 392 g/mol. The second kappa shape index (κ2) is 10.1. The van der Waals surface area contributed by atoms with Crippen LogP contribution < -0.4 is 20.1 Å². The van der Waals surface area contributed by atoms with Crippen LogP contribution in [0.15, 0.2) is 61.2 Å². The van der Waals surface area contributed by atoms with Crippen LogP contribution in [-0.4, -0.2) is 36.6 Å². The van der Waals surface area contributed by atoms with Crippen molar-refractivity contribution in [2.45, 2.75) is 13.0 Å². The summed E-state index contributed by atoms with van der Waals surface area (Å²) in [6, 6.07) is 11.4. The van der Waals surface area contributed by atoms with Crippen LogP contribution in [0.25, 0.3) is 0 Å². The molecule has 0 atom stereocenters. The number of hydrogen-bond acceptors (Lipinski definition) is 6. The number of carbonyl (C=O) groups is 1. The molecule has 7 nitrogen and oxygen atoms in total. The Morgan fingerprint density at radius 3 is 2.59 bits per heavy atom. The van der Waals surface area contributed by atoms with Gasteiger partial charge in [0.15, 0.2) is 11.5 Å². The number of hydrogen-bond donors (Lipinski definition) is 2. The smallest absolute Gasteiger partial charge is 0.252 e. The van der Waals surface area contributed by atoms with Gasteiger partial charge in [-0.05, 0) is 41.8 Å². The predicted molar refractivity (Wildman–Crippen MR) is 111 cm³/mol. The molecule has 2 heterocycles. The highest BCUT2D eigenvalue weighted by molar-refractivity contribution is 5.94. The van der Waals surface area contributed by atoms with E-state index in [-0.39, 0.29) is 5.91 Å². The zero-order valence-corrected chi connectivity index (χ0v) is 16.5. The Morgan fingerprint density at radius 1 is 0.966 bits per heavy atom. The van der Waals surface area contributed by atoms with Crippen molar-refractivity contribution in [3.63, 3.8) is 0 Å². The van der Waals surface area contributed by atoms with Crippen LogP contribution in [0.1, 0.15) is 21.5 Å². The first-order chi connectivity index (χ1) is 14.2. The SMILES string of the molecule is COc1ccc(CCNC(=O)c2cncc(NCc3cccnc3)c2)cc1OC. The van der Waals surface area contributed by atoms with E-state index in [1.165, 1.54) is 0 Å². The Balaban J connectivity index is 1.53. The van der Waals surface area contributed by atoms with E-state index in [2.05, 4.69) is 20.6 Å². The third kappa shape index (κ3) is 5.68. The summed E-state index contributed by atoms with van der Waals surface area (Å²) in [4.78, 5) is 20.7. The van der Waals surface area contributed by atoms with Crippen molar-refractivity contribution in [3.8, 4) is 11.5 Å². The van der Waals surface area contributed by atoms with Gasteiger partial charge in [0.25, 0.3) is 5.91 Å². The van der Waals surface area contributed by atoms with Crippen LogP contribution in [0, 0.1) is 0 Å². The number of carbonyl (C=O) groups excluding carboxylic acids is 1. The molecule has 150 valence electrons. The Kier molecular flexibility index (Phi) is 7.00. The average Bonchev–Trinajstić information content (AvgIpc) is 2.78. The van der Waals surface area contributed by atoms with E-state index in [1.807, 2.05) is 30.3 Å². The fourth-order valence-electron chi connectivity index (χ4n) is 2.83. The van der Waals surface area contributed by atoms with Gasteiger partial charge in [-0.3, -0.25) is 14.8 Å². The van der Waals surface area contributed by atoms with Crippen molar-refractivity contribution < 1.29 is 14.3 Å². The number of nitrogens with zero attached hydrogens (tertiary/aromatic N) is 2. The minimum atomic E-state index is -0.164. The molecule has 0 fully saturated rings. The van der Waals surface area contributed by atoms with Gasteiger partial charge in [-0.25, -0.2) is 0 Å².